The number of hydrogen-bond donors (Lipinski definition) is 2. The molecule has 2 N–H and O–H groups in total. The van der Waals surface area contributed by atoms with E-state index in [-0.39, 0.29) is 0 Å². The second kappa shape index (κ2) is 8.25. The molecule has 1 heterocycles. The van der Waals surface area contributed by atoms with Crippen LogP contribution < -0.4 is 10.1 Å². The molecule has 0 aliphatic rings. The van der Waals surface area contributed by atoms with E-state index in [4.69, 9.17) is 14.6 Å². The molecule has 0 aliphatic carbocycles. The number of nitrogens with one attached hydrogen (secondary N) is 1. The van der Waals surface area contributed by atoms with E-state index < -0.39 is 12.0 Å². The first-order valence-electron chi connectivity index (χ1n) is 6.10. The molecule has 0 amide bonds. The summed E-state index contributed by atoms with van der Waals surface area (Å²) in [6, 6.07) is 0.826. The van der Waals surface area contributed by atoms with E-state index in [1.807, 2.05) is 6.92 Å². The number of aromatic nitrogens is 2. The maximum atomic E-state index is 11.1. The van der Waals surface area contributed by atoms with Gasteiger partial charge in [-0.2, -0.15) is 0 Å². The lowest BCUT2D eigenvalue weighted by Gasteiger charge is -2.14. The molecule has 1 aromatic heterocycles. The maximum absolute atomic E-state index is 11.1. The highest BCUT2D eigenvalue weighted by Gasteiger charge is 2.17. The van der Waals surface area contributed by atoms with Gasteiger partial charge in [0.2, 0.25) is 5.88 Å². The Kier molecular flexibility index (Phi) is 6.59. The molecule has 0 fully saturated rings. The van der Waals surface area contributed by atoms with Crippen LogP contribution in [0.1, 0.15) is 19.8 Å². The normalized spacial score (nSPS) is 11.9. The molecule has 19 heavy (non-hydrogen) atoms. The van der Waals surface area contributed by atoms with Crippen LogP contribution in [0.5, 0.6) is 5.88 Å². The summed E-state index contributed by atoms with van der Waals surface area (Å²) >= 11 is 0. The van der Waals surface area contributed by atoms with Crippen LogP contribution in [0.3, 0.4) is 0 Å². The molecule has 1 atom stereocenters. The second-order valence-electron chi connectivity index (χ2n) is 3.91. The summed E-state index contributed by atoms with van der Waals surface area (Å²) in [5, 5.41) is 11.9. The Morgan fingerprint density at radius 2 is 2.26 bits per heavy atom. The van der Waals surface area contributed by atoms with Gasteiger partial charge in [0.15, 0.2) is 0 Å². The molecule has 0 bridgehead atoms. The average Bonchev–Trinajstić information content (AvgIpc) is 2.41. The summed E-state index contributed by atoms with van der Waals surface area (Å²) in [5.41, 5.74) is 0. The van der Waals surface area contributed by atoms with Crippen LogP contribution in [0.2, 0.25) is 0 Å². The van der Waals surface area contributed by atoms with Gasteiger partial charge in [-0.3, -0.25) is 0 Å². The molecule has 7 heteroatoms. The minimum absolute atomic E-state index is 0.348. The van der Waals surface area contributed by atoms with E-state index in [0.717, 1.165) is 6.42 Å². The van der Waals surface area contributed by atoms with Gasteiger partial charge >= 0.3 is 5.97 Å². The summed E-state index contributed by atoms with van der Waals surface area (Å²) in [7, 11) is 1.53. The van der Waals surface area contributed by atoms with Crippen LogP contribution >= 0.6 is 0 Å². The lowest BCUT2D eigenvalue weighted by molar-refractivity contribution is -0.138. The Morgan fingerprint density at radius 3 is 2.89 bits per heavy atom. The monoisotopic (exact) mass is 269 g/mol. The van der Waals surface area contributed by atoms with Crippen LogP contribution in [0.4, 0.5) is 5.82 Å². The fraction of sp³-hybridized carbons (Fsp3) is 0.583. The van der Waals surface area contributed by atoms with Gasteiger partial charge in [-0.25, -0.2) is 14.8 Å². The third-order valence-electron chi connectivity index (χ3n) is 2.33. The second-order valence-corrected chi connectivity index (χ2v) is 3.91. The quantitative estimate of drug-likeness (QED) is 0.694. The Morgan fingerprint density at radius 1 is 1.47 bits per heavy atom. The number of methoxy groups -OCH3 is 1. The summed E-state index contributed by atoms with van der Waals surface area (Å²) < 4.78 is 10.2. The molecular weight excluding hydrogens is 250 g/mol. The highest BCUT2D eigenvalue weighted by Crippen LogP contribution is 2.13. The molecule has 0 aliphatic heterocycles. The van der Waals surface area contributed by atoms with Crippen molar-refractivity contribution in [2.24, 2.45) is 0 Å². The maximum Gasteiger partial charge on any atom is 0.326 e. The van der Waals surface area contributed by atoms with Crippen molar-refractivity contribution < 1.29 is 19.4 Å². The third kappa shape index (κ3) is 5.52. The summed E-state index contributed by atoms with van der Waals surface area (Å²) in [6.07, 6.45) is 2.56. The first-order chi connectivity index (χ1) is 9.17. The van der Waals surface area contributed by atoms with Gasteiger partial charge in [-0.1, -0.05) is 6.92 Å². The Balaban J connectivity index is 2.64. The van der Waals surface area contributed by atoms with Gasteiger partial charge in [-0.05, 0) is 6.42 Å². The number of carbonyl (C=O) groups is 1. The fourth-order valence-electron chi connectivity index (χ4n) is 1.38. The van der Waals surface area contributed by atoms with Crippen molar-refractivity contribution in [2.45, 2.75) is 25.8 Å². The van der Waals surface area contributed by atoms with Gasteiger partial charge < -0.3 is 19.9 Å². The van der Waals surface area contributed by atoms with Crippen LogP contribution in [0, 0.1) is 0 Å². The number of ether oxygens (including phenoxy) is 2. The summed E-state index contributed by atoms with van der Waals surface area (Å²) in [4.78, 5) is 19.0. The number of anilines is 1. The van der Waals surface area contributed by atoms with Crippen LogP contribution in [0.25, 0.3) is 0 Å². The molecule has 106 valence electrons. The molecule has 0 saturated carbocycles. The lowest BCUT2D eigenvalue weighted by Crippen LogP contribution is -2.30. The fourth-order valence-corrected chi connectivity index (χ4v) is 1.38. The molecular formula is C12H19N3O4. The standard InChI is InChI=1S/C12H19N3O4/c1-3-5-19-11-7-10(13-8-14-11)15-9(12(16)17)4-6-18-2/h7-9H,3-6H2,1-2H3,(H,16,17)(H,13,14,15). The zero-order valence-corrected chi connectivity index (χ0v) is 11.1. The van der Waals surface area contributed by atoms with Crippen LogP contribution in [0.15, 0.2) is 12.4 Å². The Labute approximate surface area is 112 Å². The largest absolute Gasteiger partial charge is 0.480 e. The number of rotatable bonds is 9. The Hall–Kier alpha value is -1.89. The highest BCUT2D eigenvalue weighted by atomic mass is 16.5. The van der Waals surface area contributed by atoms with E-state index in [0.29, 0.717) is 31.3 Å². The molecule has 0 spiro atoms. The zero-order chi connectivity index (χ0) is 14.1. The molecule has 0 radical (unpaired) electrons. The van der Waals surface area contributed by atoms with Crippen molar-refractivity contribution in [1.82, 2.24) is 9.97 Å². The van der Waals surface area contributed by atoms with Crippen molar-refractivity contribution >= 4 is 11.8 Å². The van der Waals surface area contributed by atoms with Crippen LogP contribution in [-0.2, 0) is 9.53 Å². The minimum atomic E-state index is -0.952. The number of aliphatic carboxylic acids is 1. The number of nitrogens with zero attached hydrogens (tertiary/aromatic N) is 2. The van der Waals surface area contributed by atoms with Crippen molar-refractivity contribution in [1.29, 1.82) is 0 Å². The Bertz CT molecular complexity index is 400. The van der Waals surface area contributed by atoms with Crippen molar-refractivity contribution in [3.63, 3.8) is 0 Å². The number of carboxylic acids is 1. The van der Waals surface area contributed by atoms with Crippen molar-refractivity contribution in [3.8, 4) is 5.88 Å². The van der Waals surface area contributed by atoms with E-state index in [1.165, 1.54) is 13.4 Å². The van der Waals surface area contributed by atoms with E-state index >= 15 is 0 Å². The van der Waals surface area contributed by atoms with E-state index in [9.17, 15) is 4.79 Å². The molecule has 0 aromatic carbocycles. The van der Waals surface area contributed by atoms with Crippen LogP contribution in [-0.4, -0.2) is 47.4 Å². The van der Waals surface area contributed by atoms with Gasteiger partial charge in [0, 0.05) is 26.2 Å². The molecule has 1 aromatic rings. The van der Waals surface area contributed by atoms with Gasteiger partial charge in [0.1, 0.15) is 18.2 Å². The van der Waals surface area contributed by atoms with Gasteiger partial charge in [-0.15, -0.1) is 0 Å². The zero-order valence-electron chi connectivity index (χ0n) is 11.1. The van der Waals surface area contributed by atoms with E-state index in [2.05, 4.69) is 15.3 Å². The summed E-state index contributed by atoms with van der Waals surface area (Å²) in [6.45, 7) is 2.91. The predicted molar refractivity (Wildman–Crippen MR) is 69.4 cm³/mol. The van der Waals surface area contributed by atoms with E-state index in [1.54, 1.807) is 6.07 Å². The molecule has 0 saturated heterocycles. The number of hydrogen-bond acceptors (Lipinski definition) is 6. The van der Waals surface area contributed by atoms with Gasteiger partial charge in [0.05, 0.1) is 6.61 Å². The average molecular weight is 269 g/mol. The van der Waals surface area contributed by atoms with Crippen molar-refractivity contribution in [3.05, 3.63) is 12.4 Å². The molecule has 7 nitrogen and oxygen atoms in total. The first-order valence-corrected chi connectivity index (χ1v) is 6.10. The summed E-state index contributed by atoms with van der Waals surface area (Å²) in [5.74, 6) is -0.105. The minimum Gasteiger partial charge on any atom is -0.480 e. The van der Waals surface area contributed by atoms with Crippen molar-refractivity contribution in [2.75, 3.05) is 25.6 Å². The smallest absolute Gasteiger partial charge is 0.326 e. The predicted octanol–water partition coefficient (Wildman–Crippen LogP) is 1.17. The first kappa shape index (κ1) is 15.2. The number of carboxylic acid groups (broad SMARTS) is 1. The highest BCUT2D eigenvalue weighted by molar-refractivity contribution is 5.76. The third-order valence-corrected chi connectivity index (χ3v) is 2.33. The molecule has 1 rings (SSSR count). The lowest BCUT2D eigenvalue weighted by atomic mass is 10.2. The topological polar surface area (TPSA) is 93.6 Å². The van der Waals surface area contributed by atoms with Gasteiger partial charge in [0.25, 0.3) is 0 Å². The molecule has 1 unspecified atom stereocenters. The SMILES string of the molecule is CCCOc1cc(NC(CCOC)C(=O)O)ncn1.